The fraction of sp³-hybridized carbons (Fsp3) is 0.150. The molecular formula is C20H18BrN5O. The van der Waals surface area contributed by atoms with Crippen molar-refractivity contribution >= 4 is 15.9 Å². The molecule has 0 spiro atoms. The number of aromatic nitrogens is 5. The van der Waals surface area contributed by atoms with Crippen molar-refractivity contribution in [2.75, 3.05) is 0 Å². The minimum absolute atomic E-state index is 0.343. The number of halogens is 1. The average Bonchev–Trinajstić information content (AvgIpc) is 3.32. The van der Waals surface area contributed by atoms with Gasteiger partial charge in [0.2, 0.25) is 0 Å². The van der Waals surface area contributed by atoms with E-state index in [-0.39, 0.29) is 0 Å². The molecule has 0 amide bonds. The number of hydrogen-bond acceptors (Lipinski definition) is 4. The maximum atomic E-state index is 5.80. The van der Waals surface area contributed by atoms with E-state index in [1.807, 2.05) is 42.7 Å². The Bertz CT molecular complexity index is 1040. The predicted molar refractivity (Wildman–Crippen MR) is 106 cm³/mol. The molecule has 0 unspecified atom stereocenters. The van der Waals surface area contributed by atoms with Gasteiger partial charge in [-0.3, -0.25) is 0 Å². The quantitative estimate of drug-likeness (QED) is 0.467. The molecule has 4 aromatic rings. The second kappa shape index (κ2) is 7.75. The summed E-state index contributed by atoms with van der Waals surface area (Å²) in [4.78, 5) is 0. The summed E-state index contributed by atoms with van der Waals surface area (Å²) in [6, 6.07) is 16.2. The zero-order chi connectivity index (χ0) is 18.6. The summed E-state index contributed by atoms with van der Waals surface area (Å²) in [6.07, 6.45) is 5.45. The van der Waals surface area contributed by atoms with E-state index in [1.54, 1.807) is 15.6 Å². The topological polar surface area (TPSA) is 57.8 Å². The Labute approximate surface area is 165 Å². The molecule has 7 heteroatoms. The molecule has 0 radical (unpaired) electrons. The van der Waals surface area contributed by atoms with Crippen LogP contribution in [0, 0.1) is 6.92 Å². The highest BCUT2D eigenvalue weighted by Gasteiger charge is 2.07. The van der Waals surface area contributed by atoms with Crippen LogP contribution in [0.4, 0.5) is 0 Å². The molecule has 0 N–H and O–H groups in total. The zero-order valence-corrected chi connectivity index (χ0v) is 16.4. The smallest absolute Gasteiger partial charge is 0.158 e. The Morgan fingerprint density at radius 1 is 1.04 bits per heavy atom. The summed E-state index contributed by atoms with van der Waals surface area (Å²) in [7, 11) is 0. The van der Waals surface area contributed by atoms with Crippen molar-refractivity contribution in [1.29, 1.82) is 0 Å². The molecular weight excluding hydrogens is 406 g/mol. The molecule has 2 heterocycles. The first kappa shape index (κ1) is 17.5. The maximum Gasteiger partial charge on any atom is 0.158 e. The third-order valence-corrected chi connectivity index (χ3v) is 4.89. The van der Waals surface area contributed by atoms with Crippen LogP contribution in [0.25, 0.3) is 5.69 Å². The van der Waals surface area contributed by atoms with E-state index in [0.29, 0.717) is 18.9 Å². The van der Waals surface area contributed by atoms with Crippen LogP contribution in [0.5, 0.6) is 5.75 Å². The normalized spacial score (nSPS) is 10.9. The van der Waals surface area contributed by atoms with E-state index >= 15 is 0 Å². The Hall–Kier alpha value is -2.93. The summed E-state index contributed by atoms with van der Waals surface area (Å²) >= 11 is 3.55. The highest BCUT2D eigenvalue weighted by Crippen LogP contribution is 2.17. The van der Waals surface area contributed by atoms with Gasteiger partial charge < -0.3 is 4.74 Å². The number of hydrogen-bond donors (Lipinski definition) is 0. The first-order valence-corrected chi connectivity index (χ1v) is 9.33. The van der Waals surface area contributed by atoms with Crippen molar-refractivity contribution in [2.45, 2.75) is 20.1 Å². The Morgan fingerprint density at radius 3 is 2.67 bits per heavy atom. The summed E-state index contributed by atoms with van der Waals surface area (Å²) in [6.45, 7) is 3.06. The highest BCUT2D eigenvalue weighted by atomic mass is 79.9. The van der Waals surface area contributed by atoms with Crippen LogP contribution in [-0.2, 0) is 13.2 Å². The average molecular weight is 424 g/mol. The van der Waals surface area contributed by atoms with Crippen LogP contribution < -0.4 is 4.74 Å². The van der Waals surface area contributed by atoms with Gasteiger partial charge in [-0.2, -0.15) is 5.10 Å². The van der Waals surface area contributed by atoms with Gasteiger partial charge in [0.15, 0.2) is 5.75 Å². The maximum absolute atomic E-state index is 5.80. The Morgan fingerprint density at radius 2 is 1.85 bits per heavy atom. The summed E-state index contributed by atoms with van der Waals surface area (Å²) < 4.78 is 10.4. The van der Waals surface area contributed by atoms with Gasteiger partial charge >= 0.3 is 0 Å². The molecule has 0 bridgehead atoms. The van der Waals surface area contributed by atoms with Gasteiger partial charge in [-0.1, -0.05) is 57.0 Å². The molecule has 0 aliphatic heterocycles. The Kier molecular flexibility index (Phi) is 5.02. The molecule has 0 saturated carbocycles. The molecule has 27 heavy (non-hydrogen) atoms. The third-order valence-electron chi connectivity index (χ3n) is 4.12. The van der Waals surface area contributed by atoms with Crippen molar-refractivity contribution in [3.8, 4) is 11.4 Å². The Balaban J connectivity index is 1.38. The zero-order valence-electron chi connectivity index (χ0n) is 14.8. The van der Waals surface area contributed by atoms with Crippen LogP contribution >= 0.6 is 15.9 Å². The third kappa shape index (κ3) is 4.25. The van der Waals surface area contributed by atoms with Gasteiger partial charge in [-0.25, -0.2) is 9.36 Å². The molecule has 0 fully saturated rings. The minimum Gasteiger partial charge on any atom is -0.484 e. The molecule has 6 nitrogen and oxygen atoms in total. The van der Waals surface area contributed by atoms with Gasteiger partial charge in [0.05, 0.1) is 30.8 Å². The number of rotatable bonds is 6. The van der Waals surface area contributed by atoms with E-state index in [2.05, 4.69) is 56.5 Å². The molecule has 0 saturated heterocycles. The minimum atomic E-state index is 0.343. The molecule has 136 valence electrons. The number of nitrogens with zero attached hydrogens (tertiary/aromatic N) is 5. The van der Waals surface area contributed by atoms with Crippen molar-refractivity contribution < 1.29 is 4.74 Å². The first-order valence-electron chi connectivity index (χ1n) is 8.54. The molecule has 4 rings (SSSR count). The SMILES string of the molecule is Cc1ccc(-n2cc(OCc3cn(Cc4ccccc4Br)nn3)cn2)cc1. The van der Waals surface area contributed by atoms with Crippen molar-refractivity contribution in [2.24, 2.45) is 0 Å². The summed E-state index contributed by atoms with van der Waals surface area (Å²) in [5, 5.41) is 12.7. The van der Waals surface area contributed by atoms with Crippen molar-refractivity contribution in [1.82, 2.24) is 24.8 Å². The fourth-order valence-electron chi connectivity index (χ4n) is 2.66. The second-order valence-electron chi connectivity index (χ2n) is 6.24. The lowest BCUT2D eigenvalue weighted by molar-refractivity contribution is 0.301. The van der Waals surface area contributed by atoms with Gasteiger partial charge in [-0.05, 0) is 30.7 Å². The van der Waals surface area contributed by atoms with E-state index in [1.165, 1.54) is 5.56 Å². The lowest BCUT2D eigenvalue weighted by Gasteiger charge is -2.03. The van der Waals surface area contributed by atoms with Crippen LogP contribution in [0.3, 0.4) is 0 Å². The number of benzene rings is 2. The molecule has 2 aromatic carbocycles. The highest BCUT2D eigenvalue weighted by molar-refractivity contribution is 9.10. The van der Waals surface area contributed by atoms with Gasteiger partial charge in [0, 0.05) is 4.47 Å². The monoisotopic (exact) mass is 423 g/mol. The summed E-state index contributed by atoms with van der Waals surface area (Å²) in [5.74, 6) is 0.691. The van der Waals surface area contributed by atoms with Gasteiger partial charge in [0.1, 0.15) is 12.3 Å². The molecule has 0 atom stereocenters. The van der Waals surface area contributed by atoms with Crippen LogP contribution in [0.1, 0.15) is 16.8 Å². The lowest BCUT2D eigenvalue weighted by Crippen LogP contribution is -2.01. The van der Waals surface area contributed by atoms with E-state index in [4.69, 9.17) is 4.74 Å². The van der Waals surface area contributed by atoms with Crippen LogP contribution in [-0.4, -0.2) is 24.8 Å². The fourth-order valence-corrected chi connectivity index (χ4v) is 3.07. The first-order chi connectivity index (χ1) is 13.2. The van der Waals surface area contributed by atoms with Crippen molar-refractivity contribution in [3.63, 3.8) is 0 Å². The van der Waals surface area contributed by atoms with Gasteiger partial charge in [0.25, 0.3) is 0 Å². The molecule has 0 aliphatic carbocycles. The standard InChI is InChI=1S/C20H18BrN5O/c1-15-6-8-18(9-7-15)26-13-19(10-22-26)27-14-17-12-25(24-23-17)11-16-4-2-3-5-20(16)21/h2-10,12-13H,11,14H2,1H3. The second-order valence-corrected chi connectivity index (χ2v) is 7.10. The predicted octanol–water partition coefficient (Wildman–Crippen LogP) is 4.16. The lowest BCUT2D eigenvalue weighted by atomic mass is 10.2. The number of aryl methyl sites for hydroxylation is 1. The van der Waals surface area contributed by atoms with Crippen LogP contribution in [0.15, 0.2) is 71.6 Å². The van der Waals surface area contributed by atoms with Crippen molar-refractivity contribution in [3.05, 3.63) is 88.4 Å². The van der Waals surface area contributed by atoms with Gasteiger partial charge in [-0.15, -0.1) is 5.10 Å². The summed E-state index contributed by atoms with van der Waals surface area (Å²) in [5.41, 5.74) is 4.13. The molecule has 2 aromatic heterocycles. The molecule has 0 aliphatic rings. The van der Waals surface area contributed by atoms with Crippen LogP contribution in [0.2, 0.25) is 0 Å². The van der Waals surface area contributed by atoms with E-state index in [0.717, 1.165) is 21.4 Å². The van der Waals surface area contributed by atoms with E-state index in [9.17, 15) is 0 Å². The number of ether oxygens (including phenoxy) is 1. The van der Waals surface area contributed by atoms with E-state index < -0.39 is 0 Å². The largest absolute Gasteiger partial charge is 0.484 e.